The lowest BCUT2D eigenvalue weighted by atomic mass is 10.1. The summed E-state index contributed by atoms with van der Waals surface area (Å²) < 4.78 is 6.95. The fraction of sp³-hybridized carbons (Fsp3) is 0.444. The monoisotopic (exact) mass is 407 g/mol. The second kappa shape index (κ2) is 7.55. The fourth-order valence-electron chi connectivity index (χ4n) is 3.59. The number of nitrogens with zero attached hydrogens (tertiary/aromatic N) is 1. The van der Waals surface area contributed by atoms with Crippen molar-refractivity contribution in [3.8, 4) is 11.5 Å². The van der Waals surface area contributed by atoms with E-state index in [1.54, 1.807) is 12.1 Å². The zero-order chi connectivity index (χ0) is 19.0. The quantitative estimate of drug-likeness (QED) is 0.724. The highest BCUT2D eigenvalue weighted by molar-refractivity contribution is 8.00. The van der Waals surface area contributed by atoms with Crippen molar-refractivity contribution >= 4 is 35.2 Å². The molecule has 3 heterocycles. The Bertz CT molecular complexity index is 918. The Morgan fingerprint density at radius 3 is 2.74 bits per heavy atom. The van der Waals surface area contributed by atoms with Crippen LogP contribution in [-0.2, 0) is 4.79 Å². The summed E-state index contributed by atoms with van der Waals surface area (Å²) in [7, 11) is 1.49. The van der Waals surface area contributed by atoms with E-state index in [1.807, 2.05) is 22.5 Å². The van der Waals surface area contributed by atoms with Crippen LogP contribution in [0.4, 0.5) is 5.82 Å². The average Bonchev–Trinajstić information content (AvgIpc) is 2.88. The summed E-state index contributed by atoms with van der Waals surface area (Å²) in [5, 5.41) is 15.7. The number of phenols is 1. The first-order valence-corrected chi connectivity index (χ1v) is 11.0. The number of benzene rings is 1. The lowest BCUT2D eigenvalue weighted by Gasteiger charge is -2.24. The van der Waals surface area contributed by atoms with Gasteiger partial charge in [-0.2, -0.15) is 11.8 Å². The molecule has 1 aromatic carbocycles. The van der Waals surface area contributed by atoms with E-state index in [0.717, 1.165) is 29.9 Å². The highest BCUT2D eigenvalue weighted by Crippen LogP contribution is 2.43. The molecule has 2 aromatic rings. The highest BCUT2D eigenvalue weighted by Gasteiger charge is 2.32. The summed E-state index contributed by atoms with van der Waals surface area (Å²) in [6.07, 6.45) is 1.91. The van der Waals surface area contributed by atoms with Gasteiger partial charge in [0.2, 0.25) is 5.91 Å². The van der Waals surface area contributed by atoms with Crippen LogP contribution < -0.4 is 15.6 Å². The van der Waals surface area contributed by atoms with Gasteiger partial charge < -0.3 is 15.2 Å². The highest BCUT2D eigenvalue weighted by atomic mass is 32.2. The SMILES string of the molecule is COc1ccc(C2SCC(=O)Nc3c2c(=O)[nH]n3C2CCSCC2)cc1O. The molecule has 4 rings (SSSR count). The molecule has 1 saturated heterocycles. The number of ether oxygens (including phenoxy) is 1. The minimum absolute atomic E-state index is 0.0147. The Labute approximate surface area is 164 Å². The van der Waals surface area contributed by atoms with Crippen molar-refractivity contribution in [2.24, 2.45) is 0 Å². The van der Waals surface area contributed by atoms with Crippen molar-refractivity contribution in [1.82, 2.24) is 9.78 Å². The number of anilines is 1. The van der Waals surface area contributed by atoms with Crippen LogP contribution >= 0.6 is 23.5 Å². The van der Waals surface area contributed by atoms with Crippen LogP contribution in [0.3, 0.4) is 0 Å². The van der Waals surface area contributed by atoms with Crippen LogP contribution in [-0.4, -0.2) is 45.2 Å². The minimum Gasteiger partial charge on any atom is -0.504 e. The first-order chi connectivity index (χ1) is 13.1. The minimum atomic E-state index is -0.348. The third-order valence-electron chi connectivity index (χ3n) is 4.93. The molecule has 3 N–H and O–H groups in total. The topological polar surface area (TPSA) is 96.4 Å². The predicted octanol–water partition coefficient (Wildman–Crippen LogP) is 2.73. The van der Waals surface area contributed by atoms with Crippen molar-refractivity contribution in [3.63, 3.8) is 0 Å². The van der Waals surface area contributed by atoms with E-state index >= 15 is 0 Å². The summed E-state index contributed by atoms with van der Waals surface area (Å²) in [6.45, 7) is 0. The number of hydrogen-bond donors (Lipinski definition) is 3. The molecule has 0 aliphatic carbocycles. The summed E-state index contributed by atoms with van der Waals surface area (Å²) in [4.78, 5) is 25.1. The van der Waals surface area contributed by atoms with Gasteiger partial charge in [0.15, 0.2) is 11.5 Å². The number of nitrogens with one attached hydrogen (secondary N) is 2. The summed E-state index contributed by atoms with van der Waals surface area (Å²) >= 11 is 3.29. The molecular formula is C18H21N3O4S2. The van der Waals surface area contributed by atoms with E-state index in [9.17, 15) is 14.7 Å². The molecule has 7 nitrogen and oxygen atoms in total. The standard InChI is InChI=1S/C18H21N3O4S2/c1-25-13-3-2-10(8-12(13)22)16-15-17(19-14(23)9-27-16)21(20-18(15)24)11-4-6-26-7-5-11/h2-3,8,11,16,22H,4-7,9H2,1H3,(H,19,23)(H,20,24). The molecule has 1 amide bonds. The third kappa shape index (κ3) is 3.45. The summed E-state index contributed by atoms with van der Waals surface area (Å²) in [5.74, 6) is 3.15. The number of rotatable bonds is 3. The van der Waals surface area contributed by atoms with Crippen LogP contribution in [0.25, 0.3) is 0 Å². The molecule has 1 unspecified atom stereocenters. The van der Waals surface area contributed by atoms with Gasteiger partial charge >= 0.3 is 0 Å². The number of aromatic nitrogens is 2. The van der Waals surface area contributed by atoms with Gasteiger partial charge in [-0.1, -0.05) is 6.07 Å². The molecule has 2 aliphatic rings. The maximum Gasteiger partial charge on any atom is 0.270 e. The van der Waals surface area contributed by atoms with Gasteiger partial charge in [0, 0.05) is 0 Å². The van der Waals surface area contributed by atoms with Crippen LogP contribution in [0, 0.1) is 0 Å². The molecule has 144 valence electrons. The van der Waals surface area contributed by atoms with Crippen LogP contribution in [0.15, 0.2) is 23.0 Å². The van der Waals surface area contributed by atoms with Crippen molar-refractivity contribution in [1.29, 1.82) is 0 Å². The number of hydrogen-bond acceptors (Lipinski definition) is 6. The largest absolute Gasteiger partial charge is 0.504 e. The number of aromatic amines is 1. The molecule has 27 heavy (non-hydrogen) atoms. The molecule has 0 saturated carbocycles. The van der Waals surface area contributed by atoms with Crippen LogP contribution in [0.2, 0.25) is 0 Å². The van der Waals surface area contributed by atoms with Crippen molar-refractivity contribution in [3.05, 3.63) is 39.7 Å². The van der Waals surface area contributed by atoms with E-state index in [2.05, 4.69) is 10.4 Å². The van der Waals surface area contributed by atoms with Crippen LogP contribution in [0.1, 0.15) is 35.3 Å². The number of carbonyl (C=O) groups excluding carboxylic acids is 1. The van der Waals surface area contributed by atoms with Gasteiger partial charge in [-0.25, -0.2) is 0 Å². The molecule has 9 heteroatoms. The van der Waals surface area contributed by atoms with Crippen LogP contribution in [0.5, 0.6) is 11.5 Å². The zero-order valence-corrected chi connectivity index (χ0v) is 16.5. The molecule has 0 bridgehead atoms. The lowest BCUT2D eigenvalue weighted by molar-refractivity contribution is -0.113. The Morgan fingerprint density at radius 2 is 2.04 bits per heavy atom. The van der Waals surface area contributed by atoms with Gasteiger partial charge in [0.05, 0.1) is 29.7 Å². The van der Waals surface area contributed by atoms with Gasteiger partial charge in [-0.15, -0.1) is 11.8 Å². The first-order valence-electron chi connectivity index (χ1n) is 8.79. The number of aromatic hydroxyl groups is 1. The fourth-order valence-corrected chi connectivity index (χ4v) is 5.79. The number of fused-ring (bicyclic) bond motifs is 1. The number of carbonyl (C=O) groups is 1. The molecule has 1 atom stereocenters. The van der Waals surface area contributed by atoms with Crippen molar-refractivity contribution in [2.75, 3.05) is 29.7 Å². The number of thioether (sulfide) groups is 2. The molecule has 0 spiro atoms. The average molecular weight is 408 g/mol. The zero-order valence-electron chi connectivity index (χ0n) is 14.9. The number of amides is 1. The number of methoxy groups -OCH3 is 1. The Morgan fingerprint density at radius 1 is 1.26 bits per heavy atom. The van der Waals surface area contributed by atoms with E-state index in [1.165, 1.54) is 18.9 Å². The van der Waals surface area contributed by atoms with E-state index in [0.29, 0.717) is 17.1 Å². The first kappa shape index (κ1) is 18.4. The van der Waals surface area contributed by atoms with Gasteiger partial charge in [-0.05, 0) is 42.0 Å². The molecular weight excluding hydrogens is 386 g/mol. The molecule has 1 fully saturated rings. The second-order valence-electron chi connectivity index (χ2n) is 6.59. The normalized spacial score (nSPS) is 20.6. The molecule has 1 aromatic heterocycles. The van der Waals surface area contributed by atoms with Gasteiger partial charge in [0.1, 0.15) is 5.82 Å². The maximum atomic E-state index is 12.8. The van der Waals surface area contributed by atoms with E-state index in [-0.39, 0.29) is 34.3 Å². The number of H-pyrrole nitrogens is 1. The Hall–Kier alpha value is -2.00. The smallest absolute Gasteiger partial charge is 0.270 e. The van der Waals surface area contributed by atoms with Crippen molar-refractivity contribution < 1.29 is 14.6 Å². The number of phenolic OH excluding ortho intramolecular Hbond substituents is 1. The lowest BCUT2D eigenvalue weighted by Crippen LogP contribution is -2.22. The van der Waals surface area contributed by atoms with E-state index in [4.69, 9.17) is 4.74 Å². The van der Waals surface area contributed by atoms with E-state index < -0.39 is 0 Å². The molecule has 2 aliphatic heterocycles. The summed E-state index contributed by atoms with van der Waals surface area (Å²) in [6, 6.07) is 5.28. The second-order valence-corrected chi connectivity index (χ2v) is 8.91. The summed E-state index contributed by atoms with van der Waals surface area (Å²) in [5.41, 5.74) is 1.10. The van der Waals surface area contributed by atoms with Crippen molar-refractivity contribution in [2.45, 2.75) is 24.1 Å². The molecule has 0 radical (unpaired) electrons. The Balaban J connectivity index is 1.80. The third-order valence-corrected chi connectivity index (χ3v) is 7.24. The predicted molar refractivity (Wildman–Crippen MR) is 108 cm³/mol. The Kier molecular flexibility index (Phi) is 5.14. The van der Waals surface area contributed by atoms with Gasteiger partial charge in [-0.3, -0.25) is 19.4 Å². The van der Waals surface area contributed by atoms with Gasteiger partial charge in [0.25, 0.3) is 5.56 Å². The maximum absolute atomic E-state index is 12.8.